The first-order chi connectivity index (χ1) is 12.2. The molecule has 1 saturated carbocycles. The summed E-state index contributed by atoms with van der Waals surface area (Å²) in [5.41, 5.74) is 2.86. The highest BCUT2D eigenvalue weighted by atomic mass is 16.3. The van der Waals surface area contributed by atoms with Gasteiger partial charge in [-0.05, 0) is 24.5 Å². The Balaban J connectivity index is 1.63. The zero-order valence-electron chi connectivity index (χ0n) is 14.8. The van der Waals surface area contributed by atoms with Crippen molar-refractivity contribution in [2.24, 2.45) is 0 Å². The highest BCUT2D eigenvalue weighted by Gasteiger charge is 2.52. The Bertz CT molecular complexity index is 906. The number of hydrogen-bond acceptors (Lipinski definition) is 2. The fourth-order valence-electron chi connectivity index (χ4n) is 3.79. The molecule has 2 aromatic carbocycles. The van der Waals surface area contributed by atoms with Crippen molar-refractivity contribution in [3.05, 3.63) is 71.5 Å². The van der Waals surface area contributed by atoms with Gasteiger partial charge in [0.15, 0.2) is 0 Å². The van der Waals surface area contributed by atoms with Crippen LogP contribution in [0.5, 0.6) is 0 Å². The first kappa shape index (κ1) is 15.9. The van der Waals surface area contributed by atoms with Gasteiger partial charge in [-0.1, -0.05) is 55.5 Å². The van der Waals surface area contributed by atoms with E-state index in [2.05, 4.69) is 25.1 Å². The number of furan rings is 1. The molecule has 1 amide bonds. The van der Waals surface area contributed by atoms with Crippen LogP contribution < -0.4 is 0 Å². The van der Waals surface area contributed by atoms with Gasteiger partial charge in [0.1, 0.15) is 11.3 Å². The van der Waals surface area contributed by atoms with E-state index in [-0.39, 0.29) is 11.3 Å². The number of hydrogen-bond donors (Lipinski definition) is 0. The summed E-state index contributed by atoms with van der Waals surface area (Å²) in [7, 11) is 1.91. The van der Waals surface area contributed by atoms with E-state index in [1.165, 1.54) is 0 Å². The molecule has 3 heteroatoms. The van der Waals surface area contributed by atoms with Gasteiger partial charge < -0.3 is 9.32 Å². The Kier molecular flexibility index (Phi) is 3.87. The minimum Gasteiger partial charge on any atom is -0.461 e. The van der Waals surface area contributed by atoms with Gasteiger partial charge in [0.05, 0.1) is 5.41 Å². The fraction of sp³-hybridized carbons (Fsp3) is 0.318. The lowest BCUT2D eigenvalue weighted by Crippen LogP contribution is -2.36. The number of amides is 1. The lowest BCUT2D eigenvalue weighted by atomic mass is 9.94. The molecule has 0 atom stereocenters. The molecule has 1 heterocycles. The lowest BCUT2D eigenvalue weighted by molar-refractivity contribution is -0.133. The summed E-state index contributed by atoms with van der Waals surface area (Å²) in [4.78, 5) is 15.1. The number of aryl methyl sites for hydroxylation is 1. The molecule has 0 aliphatic heterocycles. The molecule has 3 nitrogen and oxygen atoms in total. The van der Waals surface area contributed by atoms with E-state index >= 15 is 0 Å². The molecule has 1 aromatic heterocycles. The molecule has 0 N–H and O–H groups in total. The summed E-state index contributed by atoms with van der Waals surface area (Å²) in [5, 5.41) is 1.11. The second-order valence-electron chi connectivity index (χ2n) is 6.96. The summed E-state index contributed by atoms with van der Waals surface area (Å²) >= 11 is 0. The normalized spacial score (nSPS) is 15.3. The predicted molar refractivity (Wildman–Crippen MR) is 99.4 cm³/mol. The maximum absolute atomic E-state index is 13.2. The van der Waals surface area contributed by atoms with Crippen LogP contribution in [0.4, 0.5) is 0 Å². The number of fused-ring (bicyclic) bond motifs is 1. The molecule has 3 aromatic rings. The molecule has 0 radical (unpaired) electrons. The quantitative estimate of drug-likeness (QED) is 0.679. The van der Waals surface area contributed by atoms with Gasteiger partial charge in [-0.15, -0.1) is 0 Å². The van der Waals surface area contributed by atoms with Crippen molar-refractivity contribution in [2.75, 3.05) is 7.05 Å². The van der Waals surface area contributed by atoms with Crippen LogP contribution in [-0.2, 0) is 23.2 Å². The van der Waals surface area contributed by atoms with Gasteiger partial charge in [-0.2, -0.15) is 0 Å². The van der Waals surface area contributed by atoms with Gasteiger partial charge in [0, 0.05) is 31.0 Å². The summed E-state index contributed by atoms with van der Waals surface area (Å²) in [6, 6.07) is 18.3. The Hall–Kier alpha value is -2.55. The second kappa shape index (κ2) is 6.07. The Morgan fingerprint density at radius 2 is 1.76 bits per heavy atom. The molecule has 25 heavy (non-hydrogen) atoms. The van der Waals surface area contributed by atoms with Crippen molar-refractivity contribution < 1.29 is 9.21 Å². The monoisotopic (exact) mass is 333 g/mol. The third-order valence-corrected chi connectivity index (χ3v) is 5.33. The van der Waals surface area contributed by atoms with E-state index in [0.717, 1.165) is 47.1 Å². The maximum atomic E-state index is 13.2. The number of benzene rings is 2. The molecular weight excluding hydrogens is 310 g/mol. The minimum absolute atomic E-state index is 0.214. The first-order valence-corrected chi connectivity index (χ1v) is 8.96. The third-order valence-electron chi connectivity index (χ3n) is 5.33. The van der Waals surface area contributed by atoms with Crippen molar-refractivity contribution in [2.45, 2.75) is 38.1 Å². The number of para-hydroxylation sites is 1. The van der Waals surface area contributed by atoms with Crippen molar-refractivity contribution >= 4 is 16.9 Å². The van der Waals surface area contributed by atoms with E-state index in [4.69, 9.17) is 4.42 Å². The lowest BCUT2D eigenvalue weighted by Gasteiger charge is -2.24. The van der Waals surface area contributed by atoms with Crippen LogP contribution in [0.2, 0.25) is 0 Å². The van der Waals surface area contributed by atoms with Crippen LogP contribution in [0.3, 0.4) is 0 Å². The van der Waals surface area contributed by atoms with Gasteiger partial charge in [-0.3, -0.25) is 4.79 Å². The highest BCUT2D eigenvalue weighted by Crippen LogP contribution is 2.49. The molecule has 1 aliphatic rings. The molecule has 0 saturated heterocycles. The molecule has 0 unspecified atom stereocenters. The van der Waals surface area contributed by atoms with E-state index in [1.54, 1.807) is 0 Å². The Morgan fingerprint density at radius 3 is 2.44 bits per heavy atom. The summed E-state index contributed by atoms with van der Waals surface area (Å²) in [6.07, 6.45) is 2.70. The second-order valence-corrected chi connectivity index (χ2v) is 6.96. The van der Waals surface area contributed by atoms with Crippen LogP contribution in [0.25, 0.3) is 11.0 Å². The highest BCUT2D eigenvalue weighted by molar-refractivity contribution is 5.91. The minimum atomic E-state index is -0.318. The third kappa shape index (κ3) is 2.64. The molecule has 4 rings (SSSR count). The molecule has 128 valence electrons. The van der Waals surface area contributed by atoms with Crippen molar-refractivity contribution in [1.82, 2.24) is 4.90 Å². The number of rotatable bonds is 5. The zero-order chi connectivity index (χ0) is 17.4. The summed E-state index contributed by atoms with van der Waals surface area (Å²) < 4.78 is 5.98. The van der Waals surface area contributed by atoms with Crippen LogP contribution >= 0.6 is 0 Å². The summed E-state index contributed by atoms with van der Waals surface area (Å²) in [6.45, 7) is 2.68. The molecule has 1 aliphatic carbocycles. The van der Waals surface area contributed by atoms with Crippen LogP contribution in [0, 0.1) is 0 Å². The van der Waals surface area contributed by atoms with Crippen molar-refractivity contribution in [1.29, 1.82) is 0 Å². The molecule has 0 spiro atoms. The average molecular weight is 333 g/mol. The molecular formula is C22H23NO2. The van der Waals surface area contributed by atoms with E-state index in [9.17, 15) is 4.79 Å². The Morgan fingerprint density at radius 1 is 1.08 bits per heavy atom. The van der Waals surface area contributed by atoms with Gasteiger partial charge in [-0.25, -0.2) is 0 Å². The fourth-order valence-corrected chi connectivity index (χ4v) is 3.79. The van der Waals surface area contributed by atoms with Gasteiger partial charge in [0.2, 0.25) is 5.91 Å². The Labute approximate surface area is 148 Å². The smallest absolute Gasteiger partial charge is 0.233 e. The predicted octanol–water partition coefficient (Wildman–Crippen LogP) is 4.69. The number of nitrogens with zero attached hydrogens (tertiary/aromatic N) is 1. The van der Waals surface area contributed by atoms with Gasteiger partial charge >= 0.3 is 0 Å². The van der Waals surface area contributed by atoms with Crippen molar-refractivity contribution in [3.63, 3.8) is 0 Å². The van der Waals surface area contributed by atoms with Gasteiger partial charge in [0.25, 0.3) is 0 Å². The first-order valence-electron chi connectivity index (χ1n) is 8.96. The van der Waals surface area contributed by atoms with Crippen LogP contribution in [-0.4, -0.2) is 17.9 Å². The topological polar surface area (TPSA) is 33.5 Å². The van der Waals surface area contributed by atoms with E-state index < -0.39 is 0 Å². The molecule has 0 bridgehead atoms. The SMILES string of the molecule is CCc1oc2ccccc2c1CN(C)C(=O)C1(c2ccccc2)CC1. The molecule has 1 fully saturated rings. The standard InChI is InChI=1S/C22H23NO2/c1-3-19-18(17-11-7-8-12-20(17)25-19)15-23(2)21(24)22(13-14-22)16-9-5-4-6-10-16/h4-12H,3,13-15H2,1-2H3. The average Bonchev–Trinajstić information content (AvgIpc) is 3.40. The van der Waals surface area contributed by atoms with Crippen LogP contribution in [0.1, 0.15) is 36.7 Å². The maximum Gasteiger partial charge on any atom is 0.233 e. The van der Waals surface area contributed by atoms with E-state index in [1.807, 2.05) is 48.3 Å². The van der Waals surface area contributed by atoms with Crippen LogP contribution in [0.15, 0.2) is 59.0 Å². The number of likely N-dealkylation sites (N-methyl/N-ethyl adjacent to an activating group) is 1. The summed E-state index contributed by atoms with van der Waals surface area (Å²) in [5.74, 6) is 1.19. The number of carbonyl (C=O) groups excluding carboxylic acids is 1. The zero-order valence-corrected chi connectivity index (χ0v) is 14.8. The van der Waals surface area contributed by atoms with E-state index in [0.29, 0.717) is 6.54 Å². The largest absolute Gasteiger partial charge is 0.461 e. The van der Waals surface area contributed by atoms with Crippen molar-refractivity contribution in [3.8, 4) is 0 Å². The number of carbonyl (C=O) groups is 1.